The molecule has 2 atom stereocenters. The third-order valence-electron chi connectivity index (χ3n) is 9.43. The molecule has 0 saturated carbocycles. The maximum Gasteiger partial charge on any atom is 0.453 e. The van der Waals surface area contributed by atoms with Gasteiger partial charge in [0.1, 0.15) is 6.23 Å². The standard InChI is InChI=1S/C33H39F3N8O/c1-21-30(22(2)43(40-21)29-10-3-6-19-45-29)27-8-7-9-28(38-27)44-32(39-31(41-44)33(34,35)36)37-25-14-11-23-12-15-26(16-13-24(23)20-25)42-17-4-5-18-42/h7-9,11,14,20,26,29H,3-6,10,12-13,15-19H2,1-2H3,(H,37,39,41). The summed E-state index contributed by atoms with van der Waals surface area (Å²) in [5.74, 6) is -1.05. The molecule has 2 saturated heterocycles. The van der Waals surface area contributed by atoms with Crippen molar-refractivity contribution in [3.8, 4) is 17.1 Å². The van der Waals surface area contributed by atoms with Crippen molar-refractivity contribution < 1.29 is 17.9 Å². The molecule has 4 aromatic rings. The average Bonchev–Trinajstić information content (AvgIpc) is 3.75. The van der Waals surface area contributed by atoms with Crippen LogP contribution in [0.25, 0.3) is 17.1 Å². The van der Waals surface area contributed by atoms with Crippen LogP contribution in [0.1, 0.15) is 79.5 Å². The fraction of sp³-hybridized carbons (Fsp3) is 0.515. The minimum absolute atomic E-state index is 0.0461. The Hall–Kier alpha value is -3.77. The van der Waals surface area contributed by atoms with Crippen molar-refractivity contribution in [2.45, 2.75) is 90.1 Å². The van der Waals surface area contributed by atoms with Crippen LogP contribution in [0.5, 0.6) is 0 Å². The molecule has 45 heavy (non-hydrogen) atoms. The third kappa shape index (κ3) is 6.09. The first-order valence-corrected chi connectivity index (χ1v) is 16.1. The normalized spacial score (nSPS) is 21.1. The maximum atomic E-state index is 13.9. The first-order valence-electron chi connectivity index (χ1n) is 16.1. The predicted octanol–water partition coefficient (Wildman–Crippen LogP) is 6.95. The first kappa shape index (κ1) is 29.9. The molecule has 0 radical (unpaired) electrons. The Morgan fingerprint density at radius 1 is 0.889 bits per heavy atom. The molecule has 2 unspecified atom stereocenters. The number of likely N-dealkylation sites (tertiary alicyclic amines) is 1. The number of nitrogens with one attached hydrogen (secondary N) is 1. The number of rotatable bonds is 6. The number of anilines is 2. The highest BCUT2D eigenvalue weighted by atomic mass is 19.4. The Morgan fingerprint density at radius 2 is 1.69 bits per heavy atom. The fourth-order valence-electron chi connectivity index (χ4n) is 7.15. The topological polar surface area (TPSA) is 85.9 Å². The molecule has 0 amide bonds. The molecule has 0 spiro atoms. The van der Waals surface area contributed by atoms with E-state index >= 15 is 0 Å². The van der Waals surface area contributed by atoms with E-state index in [-0.39, 0.29) is 18.0 Å². The molecule has 5 heterocycles. The minimum Gasteiger partial charge on any atom is -0.357 e. The van der Waals surface area contributed by atoms with Gasteiger partial charge in [0.25, 0.3) is 5.82 Å². The molecular weight excluding hydrogens is 581 g/mol. The van der Waals surface area contributed by atoms with Crippen LogP contribution in [0, 0.1) is 13.8 Å². The molecule has 2 aliphatic heterocycles. The van der Waals surface area contributed by atoms with Gasteiger partial charge in [-0.3, -0.25) is 0 Å². The minimum atomic E-state index is -4.72. The Balaban J connectivity index is 1.19. The number of aromatic nitrogens is 6. The number of hydrogen-bond acceptors (Lipinski definition) is 7. The second-order valence-electron chi connectivity index (χ2n) is 12.4. The predicted molar refractivity (Wildman–Crippen MR) is 165 cm³/mol. The van der Waals surface area contributed by atoms with E-state index in [9.17, 15) is 13.2 Å². The summed E-state index contributed by atoms with van der Waals surface area (Å²) in [5, 5.41) is 11.8. The molecule has 12 heteroatoms. The summed E-state index contributed by atoms with van der Waals surface area (Å²) in [7, 11) is 0. The van der Waals surface area contributed by atoms with Gasteiger partial charge in [0, 0.05) is 29.6 Å². The molecule has 7 rings (SSSR count). The van der Waals surface area contributed by atoms with Crippen LogP contribution >= 0.6 is 0 Å². The summed E-state index contributed by atoms with van der Waals surface area (Å²) in [6, 6.07) is 11.9. The molecule has 9 nitrogen and oxygen atoms in total. The monoisotopic (exact) mass is 620 g/mol. The quantitative estimate of drug-likeness (QED) is 0.234. The van der Waals surface area contributed by atoms with Gasteiger partial charge >= 0.3 is 6.18 Å². The van der Waals surface area contributed by atoms with Gasteiger partial charge in [-0.15, -0.1) is 5.10 Å². The SMILES string of the molecule is Cc1nn(C2CCCCO2)c(C)c1-c1cccc(-n2nc(C(F)(F)F)nc2Nc2ccc3c(c2)CCC(N2CCCC2)CC3)n1. The van der Waals surface area contributed by atoms with E-state index in [4.69, 9.17) is 14.8 Å². The Bertz CT molecular complexity index is 1670. The van der Waals surface area contributed by atoms with Crippen molar-refractivity contribution in [2.24, 2.45) is 0 Å². The summed E-state index contributed by atoms with van der Waals surface area (Å²) >= 11 is 0. The number of halogens is 3. The lowest BCUT2D eigenvalue weighted by molar-refractivity contribution is -0.144. The largest absolute Gasteiger partial charge is 0.453 e. The van der Waals surface area contributed by atoms with Crippen LogP contribution in [-0.2, 0) is 23.8 Å². The number of nitrogens with zero attached hydrogens (tertiary/aromatic N) is 7. The zero-order valence-electron chi connectivity index (χ0n) is 25.8. The molecule has 0 bridgehead atoms. The number of aryl methyl sites for hydroxylation is 3. The zero-order chi connectivity index (χ0) is 31.1. The van der Waals surface area contributed by atoms with Gasteiger partial charge in [-0.2, -0.15) is 27.9 Å². The Morgan fingerprint density at radius 3 is 2.44 bits per heavy atom. The number of benzene rings is 1. The molecule has 238 valence electrons. The number of ether oxygens (including phenoxy) is 1. The highest BCUT2D eigenvalue weighted by Crippen LogP contribution is 2.34. The summed E-state index contributed by atoms with van der Waals surface area (Å²) in [4.78, 5) is 11.3. The van der Waals surface area contributed by atoms with Crippen molar-refractivity contribution in [3.05, 3.63) is 64.7 Å². The highest BCUT2D eigenvalue weighted by molar-refractivity contribution is 5.66. The fourth-order valence-corrected chi connectivity index (χ4v) is 7.15. The lowest BCUT2D eigenvalue weighted by Gasteiger charge is -2.25. The number of pyridine rings is 1. The summed E-state index contributed by atoms with van der Waals surface area (Å²) in [6.07, 6.45) is 4.84. The molecule has 2 fully saturated rings. The van der Waals surface area contributed by atoms with Gasteiger partial charge in [-0.25, -0.2) is 9.67 Å². The van der Waals surface area contributed by atoms with E-state index in [0.717, 1.165) is 66.6 Å². The van der Waals surface area contributed by atoms with Crippen LogP contribution in [0.4, 0.5) is 24.8 Å². The smallest absolute Gasteiger partial charge is 0.357 e. The lowest BCUT2D eigenvalue weighted by atomic mass is 10.0. The number of hydrogen-bond donors (Lipinski definition) is 1. The van der Waals surface area contributed by atoms with Crippen LogP contribution in [0.2, 0.25) is 0 Å². The zero-order valence-corrected chi connectivity index (χ0v) is 25.8. The van der Waals surface area contributed by atoms with Gasteiger partial charge in [0.2, 0.25) is 5.95 Å². The van der Waals surface area contributed by atoms with E-state index in [1.165, 1.54) is 37.1 Å². The van der Waals surface area contributed by atoms with E-state index in [0.29, 0.717) is 24.0 Å². The molecule has 3 aliphatic rings. The molecule has 1 aliphatic carbocycles. The maximum absolute atomic E-state index is 13.9. The third-order valence-corrected chi connectivity index (χ3v) is 9.43. The average molecular weight is 621 g/mol. The van der Waals surface area contributed by atoms with E-state index < -0.39 is 12.0 Å². The van der Waals surface area contributed by atoms with Gasteiger partial charge in [-0.05, 0) is 120 Å². The van der Waals surface area contributed by atoms with E-state index in [1.54, 1.807) is 12.1 Å². The molecular formula is C33H39F3N8O. The summed E-state index contributed by atoms with van der Waals surface area (Å²) in [6.45, 7) is 6.93. The highest BCUT2D eigenvalue weighted by Gasteiger charge is 2.38. The van der Waals surface area contributed by atoms with Crippen molar-refractivity contribution >= 4 is 11.6 Å². The number of fused-ring (bicyclic) bond motifs is 1. The van der Waals surface area contributed by atoms with Crippen LogP contribution in [0.15, 0.2) is 36.4 Å². The van der Waals surface area contributed by atoms with Crippen LogP contribution in [0.3, 0.4) is 0 Å². The van der Waals surface area contributed by atoms with Crippen molar-refractivity contribution in [1.29, 1.82) is 0 Å². The molecule has 1 aromatic carbocycles. The summed E-state index contributed by atoms with van der Waals surface area (Å²) in [5.41, 5.74) is 6.30. The number of alkyl halides is 3. The van der Waals surface area contributed by atoms with Gasteiger partial charge < -0.3 is 15.0 Å². The van der Waals surface area contributed by atoms with Crippen LogP contribution < -0.4 is 5.32 Å². The van der Waals surface area contributed by atoms with Gasteiger partial charge in [-0.1, -0.05) is 12.1 Å². The Labute approximate surface area is 260 Å². The first-order chi connectivity index (χ1) is 21.7. The second kappa shape index (κ2) is 12.2. The summed E-state index contributed by atoms with van der Waals surface area (Å²) < 4.78 is 50.7. The van der Waals surface area contributed by atoms with E-state index in [2.05, 4.69) is 26.4 Å². The Kier molecular flexibility index (Phi) is 8.11. The molecule has 3 aromatic heterocycles. The van der Waals surface area contributed by atoms with Gasteiger partial charge in [0.05, 0.1) is 11.4 Å². The lowest BCUT2D eigenvalue weighted by Crippen LogP contribution is -2.32. The van der Waals surface area contributed by atoms with Crippen molar-refractivity contribution in [1.82, 2.24) is 34.4 Å². The van der Waals surface area contributed by atoms with E-state index in [1.807, 2.05) is 36.7 Å². The van der Waals surface area contributed by atoms with Crippen molar-refractivity contribution in [3.63, 3.8) is 0 Å². The second-order valence-corrected chi connectivity index (χ2v) is 12.4. The van der Waals surface area contributed by atoms with Crippen molar-refractivity contribution in [2.75, 3.05) is 25.0 Å². The molecule has 1 N–H and O–H groups in total. The van der Waals surface area contributed by atoms with Gasteiger partial charge in [0.15, 0.2) is 5.82 Å². The van der Waals surface area contributed by atoms with Crippen LogP contribution in [-0.4, -0.2) is 60.2 Å².